The van der Waals surface area contributed by atoms with Crippen LogP contribution in [0.25, 0.3) is 0 Å². The molecule has 2 fully saturated rings. The van der Waals surface area contributed by atoms with Gasteiger partial charge in [0.25, 0.3) is 5.91 Å². The third-order valence-electron chi connectivity index (χ3n) is 5.78. The average Bonchev–Trinajstić information content (AvgIpc) is 2.86. The highest BCUT2D eigenvalue weighted by molar-refractivity contribution is 6.08. The number of rotatable bonds is 6. The Morgan fingerprint density at radius 2 is 1.85 bits per heavy atom. The van der Waals surface area contributed by atoms with Crippen LogP contribution in [0.4, 0.5) is 4.79 Å². The number of benzene rings is 1. The monoisotopic (exact) mass is 371 g/mol. The zero-order chi connectivity index (χ0) is 19.4. The number of urea groups is 1. The summed E-state index contributed by atoms with van der Waals surface area (Å²) in [4.78, 5) is 38.5. The topological polar surface area (TPSA) is 78.5 Å². The first-order chi connectivity index (χ1) is 12.9. The second kappa shape index (κ2) is 8.11. The van der Waals surface area contributed by atoms with E-state index in [1.165, 1.54) is 0 Å². The lowest BCUT2D eigenvalue weighted by molar-refractivity contribution is -0.135. The van der Waals surface area contributed by atoms with Crippen molar-refractivity contribution >= 4 is 17.8 Å². The summed E-state index contributed by atoms with van der Waals surface area (Å²) < 4.78 is 0. The highest BCUT2D eigenvalue weighted by Crippen LogP contribution is 2.25. The van der Waals surface area contributed by atoms with Crippen LogP contribution in [-0.4, -0.2) is 40.9 Å². The number of hydrogen-bond donors (Lipinski definition) is 2. The molecule has 1 saturated carbocycles. The largest absolute Gasteiger partial charge is 0.352 e. The van der Waals surface area contributed by atoms with Gasteiger partial charge < -0.3 is 10.6 Å². The number of nitrogens with zero attached hydrogens (tertiary/aromatic N) is 1. The van der Waals surface area contributed by atoms with Gasteiger partial charge in [-0.1, -0.05) is 37.3 Å². The maximum atomic E-state index is 12.8. The molecule has 1 aromatic carbocycles. The van der Waals surface area contributed by atoms with Crippen LogP contribution in [0.5, 0.6) is 0 Å². The summed E-state index contributed by atoms with van der Waals surface area (Å²) in [7, 11) is 0. The highest BCUT2D eigenvalue weighted by atomic mass is 16.2. The first-order valence-corrected chi connectivity index (χ1v) is 9.85. The van der Waals surface area contributed by atoms with Gasteiger partial charge in [0.05, 0.1) is 0 Å². The Kier molecular flexibility index (Phi) is 5.82. The van der Waals surface area contributed by atoms with Gasteiger partial charge in [-0.3, -0.25) is 14.5 Å². The summed E-state index contributed by atoms with van der Waals surface area (Å²) in [6.45, 7) is 3.75. The van der Waals surface area contributed by atoms with Gasteiger partial charge in [0.15, 0.2) is 0 Å². The molecule has 1 saturated heterocycles. The van der Waals surface area contributed by atoms with Gasteiger partial charge in [-0.25, -0.2) is 4.79 Å². The van der Waals surface area contributed by atoms with E-state index in [9.17, 15) is 14.4 Å². The number of nitrogens with one attached hydrogen (secondary N) is 2. The molecule has 1 aliphatic carbocycles. The molecule has 3 rings (SSSR count). The Morgan fingerprint density at radius 3 is 2.52 bits per heavy atom. The summed E-state index contributed by atoms with van der Waals surface area (Å²) in [5.74, 6) is 0.121. The fourth-order valence-electron chi connectivity index (χ4n) is 3.92. The predicted molar refractivity (Wildman–Crippen MR) is 103 cm³/mol. The van der Waals surface area contributed by atoms with Crippen molar-refractivity contribution in [1.82, 2.24) is 15.5 Å². The molecule has 0 bridgehead atoms. The van der Waals surface area contributed by atoms with Crippen molar-refractivity contribution in [2.75, 3.05) is 6.54 Å². The van der Waals surface area contributed by atoms with Crippen molar-refractivity contribution in [2.45, 2.75) is 64.0 Å². The lowest BCUT2D eigenvalue weighted by atomic mass is 9.87. The summed E-state index contributed by atoms with van der Waals surface area (Å²) in [5, 5.41) is 5.75. The maximum Gasteiger partial charge on any atom is 0.325 e. The van der Waals surface area contributed by atoms with Crippen molar-refractivity contribution in [3.8, 4) is 0 Å². The molecule has 27 heavy (non-hydrogen) atoms. The molecule has 6 heteroatoms. The Morgan fingerprint density at radius 1 is 1.19 bits per heavy atom. The minimum Gasteiger partial charge on any atom is -0.352 e. The molecule has 0 radical (unpaired) electrons. The van der Waals surface area contributed by atoms with Crippen LogP contribution in [0, 0.1) is 5.92 Å². The van der Waals surface area contributed by atoms with Gasteiger partial charge in [-0.05, 0) is 56.9 Å². The van der Waals surface area contributed by atoms with Crippen LogP contribution in [0.15, 0.2) is 30.3 Å². The first kappa shape index (κ1) is 19.4. The molecular formula is C21H29N3O3. The van der Waals surface area contributed by atoms with E-state index in [2.05, 4.69) is 17.6 Å². The van der Waals surface area contributed by atoms with E-state index < -0.39 is 11.6 Å². The molecule has 1 aliphatic heterocycles. The zero-order valence-corrected chi connectivity index (χ0v) is 16.2. The Balaban J connectivity index is 1.54. The van der Waals surface area contributed by atoms with Gasteiger partial charge in [0.2, 0.25) is 5.91 Å². The Hall–Kier alpha value is -2.37. The molecule has 2 aliphatic rings. The number of amides is 4. The summed E-state index contributed by atoms with van der Waals surface area (Å²) in [6.07, 6.45) is 5.31. The van der Waals surface area contributed by atoms with Gasteiger partial charge in [0, 0.05) is 6.04 Å². The summed E-state index contributed by atoms with van der Waals surface area (Å²) >= 11 is 0. The molecule has 4 amide bonds. The van der Waals surface area contributed by atoms with Crippen molar-refractivity contribution < 1.29 is 14.4 Å². The number of hydrogen-bond acceptors (Lipinski definition) is 3. The molecular weight excluding hydrogens is 342 g/mol. The Labute approximate surface area is 160 Å². The quantitative estimate of drug-likeness (QED) is 0.755. The minimum absolute atomic E-state index is 0.152. The fraction of sp³-hybridized carbons (Fsp3) is 0.571. The molecule has 1 unspecified atom stereocenters. The summed E-state index contributed by atoms with van der Waals surface area (Å²) in [5.41, 5.74) is 0.150. The number of carbonyl (C=O) groups is 3. The highest BCUT2D eigenvalue weighted by Gasteiger charge is 2.47. The maximum absolute atomic E-state index is 12.8. The van der Waals surface area contributed by atoms with E-state index in [4.69, 9.17) is 0 Å². The van der Waals surface area contributed by atoms with Crippen molar-refractivity contribution in [3.63, 3.8) is 0 Å². The second-order valence-corrected chi connectivity index (χ2v) is 8.16. The third kappa shape index (κ3) is 4.67. The van der Waals surface area contributed by atoms with E-state index in [1.54, 1.807) is 6.92 Å². The van der Waals surface area contributed by atoms with E-state index in [0.717, 1.165) is 36.1 Å². The van der Waals surface area contributed by atoms with Gasteiger partial charge >= 0.3 is 6.03 Å². The van der Waals surface area contributed by atoms with Crippen LogP contribution in [0.1, 0.15) is 51.5 Å². The smallest absolute Gasteiger partial charge is 0.325 e. The number of imide groups is 1. The second-order valence-electron chi connectivity index (χ2n) is 8.16. The third-order valence-corrected chi connectivity index (χ3v) is 5.78. The molecule has 0 aromatic heterocycles. The minimum atomic E-state index is -0.965. The zero-order valence-electron chi connectivity index (χ0n) is 16.2. The van der Waals surface area contributed by atoms with E-state index >= 15 is 0 Å². The van der Waals surface area contributed by atoms with Crippen LogP contribution in [-0.2, 0) is 16.0 Å². The van der Waals surface area contributed by atoms with E-state index in [0.29, 0.717) is 18.8 Å². The molecule has 1 heterocycles. The average molecular weight is 371 g/mol. The van der Waals surface area contributed by atoms with Crippen LogP contribution in [0.2, 0.25) is 0 Å². The van der Waals surface area contributed by atoms with Gasteiger partial charge in [-0.2, -0.15) is 0 Å². The van der Waals surface area contributed by atoms with Gasteiger partial charge in [-0.15, -0.1) is 0 Å². The molecule has 1 atom stereocenters. The molecule has 146 valence electrons. The molecule has 6 nitrogen and oxygen atoms in total. The number of aryl methyl sites for hydroxylation is 1. The molecule has 1 aromatic rings. The van der Waals surface area contributed by atoms with Crippen LogP contribution < -0.4 is 10.6 Å². The fourth-order valence-corrected chi connectivity index (χ4v) is 3.92. The lowest BCUT2D eigenvalue weighted by Gasteiger charge is -2.27. The normalized spacial score (nSPS) is 28.1. The SMILES string of the molecule is CC1CCC(NC(=O)CN2C(=O)NC(C)(CCc3ccccc3)C2=O)CC1. The molecule has 0 spiro atoms. The Bertz CT molecular complexity index is 698. The van der Waals surface area contributed by atoms with E-state index in [1.807, 2.05) is 30.3 Å². The van der Waals surface area contributed by atoms with Crippen LogP contribution in [0.3, 0.4) is 0 Å². The lowest BCUT2D eigenvalue weighted by Crippen LogP contribution is -2.47. The van der Waals surface area contributed by atoms with Crippen molar-refractivity contribution in [1.29, 1.82) is 0 Å². The van der Waals surface area contributed by atoms with Gasteiger partial charge in [0.1, 0.15) is 12.1 Å². The standard InChI is InChI=1S/C21H29N3O3/c1-15-8-10-17(11-9-15)22-18(25)14-24-19(26)21(2,23-20(24)27)13-12-16-6-4-3-5-7-16/h3-7,15,17H,8-14H2,1-2H3,(H,22,25)(H,23,27). The van der Waals surface area contributed by atoms with Crippen molar-refractivity contribution in [2.24, 2.45) is 5.92 Å². The number of carbonyl (C=O) groups excluding carboxylic acids is 3. The predicted octanol–water partition coefficient (Wildman–Crippen LogP) is 2.62. The van der Waals surface area contributed by atoms with Crippen molar-refractivity contribution in [3.05, 3.63) is 35.9 Å². The molecule has 2 N–H and O–H groups in total. The van der Waals surface area contributed by atoms with E-state index in [-0.39, 0.29) is 24.4 Å². The van der Waals surface area contributed by atoms with Crippen LogP contribution >= 0.6 is 0 Å². The summed E-state index contributed by atoms with van der Waals surface area (Å²) in [6, 6.07) is 9.52. The first-order valence-electron chi connectivity index (χ1n) is 9.85.